The highest BCUT2D eigenvalue weighted by atomic mass is 16.1. The third-order valence-corrected chi connectivity index (χ3v) is 2.78. The highest BCUT2D eigenvalue weighted by Crippen LogP contribution is 2.06. The molecular formula is C18H16O. The zero-order valence-corrected chi connectivity index (χ0v) is 11.0. The molecule has 0 saturated carbocycles. The van der Waals surface area contributed by atoms with Crippen LogP contribution in [0.3, 0.4) is 0 Å². The zero-order valence-electron chi connectivity index (χ0n) is 11.0. The van der Waals surface area contributed by atoms with Crippen LogP contribution in [-0.4, -0.2) is 5.78 Å². The molecule has 0 saturated heterocycles. The Bertz CT molecular complexity index is 598. The Morgan fingerprint density at radius 3 is 2.21 bits per heavy atom. The van der Waals surface area contributed by atoms with Crippen LogP contribution in [0.15, 0.2) is 54.6 Å². The SMILES string of the molecule is CC(=O)Cc1ccc(CC#Cc2ccccc2)cc1. The maximum Gasteiger partial charge on any atom is 0.134 e. The highest BCUT2D eigenvalue weighted by Gasteiger charge is 1.97. The van der Waals surface area contributed by atoms with Crippen LogP contribution in [0, 0.1) is 11.8 Å². The lowest BCUT2D eigenvalue weighted by molar-refractivity contribution is -0.116. The largest absolute Gasteiger partial charge is 0.300 e. The molecule has 0 radical (unpaired) electrons. The molecule has 0 amide bonds. The summed E-state index contributed by atoms with van der Waals surface area (Å²) in [7, 11) is 0. The molecule has 0 aliphatic heterocycles. The molecule has 0 bridgehead atoms. The average molecular weight is 248 g/mol. The van der Waals surface area contributed by atoms with Crippen molar-refractivity contribution in [3.8, 4) is 11.8 Å². The number of carbonyl (C=O) groups excluding carboxylic acids is 1. The molecule has 0 N–H and O–H groups in total. The number of benzene rings is 2. The second kappa shape index (κ2) is 6.56. The van der Waals surface area contributed by atoms with Crippen molar-refractivity contribution >= 4 is 5.78 Å². The van der Waals surface area contributed by atoms with Gasteiger partial charge < -0.3 is 0 Å². The van der Waals surface area contributed by atoms with Gasteiger partial charge in [0.2, 0.25) is 0 Å². The van der Waals surface area contributed by atoms with Crippen LogP contribution in [0.1, 0.15) is 23.6 Å². The Balaban J connectivity index is 1.97. The number of carbonyl (C=O) groups is 1. The summed E-state index contributed by atoms with van der Waals surface area (Å²) in [5.74, 6) is 6.49. The number of hydrogen-bond acceptors (Lipinski definition) is 1. The smallest absolute Gasteiger partial charge is 0.134 e. The van der Waals surface area contributed by atoms with Crippen molar-refractivity contribution in [1.82, 2.24) is 0 Å². The summed E-state index contributed by atoms with van der Waals surface area (Å²) >= 11 is 0. The average Bonchev–Trinajstić information content (AvgIpc) is 2.41. The quantitative estimate of drug-likeness (QED) is 0.761. The highest BCUT2D eigenvalue weighted by molar-refractivity contribution is 5.78. The molecule has 0 fully saturated rings. The molecule has 0 aromatic heterocycles. The molecule has 0 atom stereocenters. The van der Waals surface area contributed by atoms with E-state index in [1.165, 1.54) is 5.56 Å². The van der Waals surface area contributed by atoms with Crippen molar-refractivity contribution in [2.75, 3.05) is 0 Å². The molecular weight excluding hydrogens is 232 g/mol. The summed E-state index contributed by atoms with van der Waals surface area (Å²) in [6, 6.07) is 18.0. The molecule has 0 aliphatic rings. The maximum absolute atomic E-state index is 11.0. The molecule has 1 nitrogen and oxygen atoms in total. The fourth-order valence-corrected chi connectivity index (χ4v) is 1.83. The van der Waals surface area contributed by atoms with Crippen LogP contribution in [0.4, 0.5) is 0 Å². The van der Waals surface area contributed by atoms with Gasteiger partial charge in [-0.3, -0.25) is 4.79 Å². The summed E-state index contributed by atoms with van der Waals surface area (Å²) in [6.45, 7) is 1.61. The number of ketones is 1. The van der Waals surface area contributed by atoms with E-state index < -0.39 is 0 Å². The van der Waals surface area contributed by atoms with E-state index in [0.29, 0.717) is 6.42 Å². The minimum atomic E-state index is 0.191. The van der Waals surface area contributed by atoms with Crippen molar-refractivity contribution in [1.29, 1.82) is 0 Å². The van der Waals surface area contributed by atoms with Crippen molar-refractivity contribution < 1.29 is 4.79 Å². The monoisotopic (exact) mass is 248 g/mol. The van der Waals surface area contributed by atoms with Gasteiger partial charge in [-0.05, 0) is 30.2 Å². The van der Waals surface area contributed by atoms with E-state index in [2.05, 4.69) is 11.8 Å². The van der Waals surface area contributed by atoms with Gasteiger partial charge in [-0.1, -0.05) is 54.3 Å². The van der Waals surface area contributed by atoms with Crippen LogP contribution < -0.4 is 0 Å². The molecule has 94 valence electrons. The molecule has 1 heteroatoms. The normalized spacial score (nSPS) is 9.53. The molecule has 0 heterocycles. The van der Waals surface area contributed by atoms with Gasteiger partial charge in [0.25, 0.3) is 0 Å². The fourth-order valence-electron chi connectivity index (χ4n) is 1.83. The number of rotatable bonds is 3. The van der Waals surface area contributed by atoms with Gasteiger partial charge in [-0.15, -0.1) is 0 Å². The van der Waals surface area contributed by atoms with E-state index in [9.17, 15) is 4.79 Å². The van der Waals surface area contributed by atoms with Crippen LogP contribution in [0.2, 0.25) is 0 Å². The minimum Gasteiger partial charge on any atom is -0.300 e. The van der Waals surface area contributed by atoms with Crippen molar-refractivity contribution in [2.45, 2.75) is 19.8 Å². The molecule has 2 aromatic carbocycles. The van der Waals surface area contributed by atoms with Gasteiger partial charge in [0.05, 0.1) is 0 Å². The Hall–Kier alpha value is -2.33. The standard InChI is InChI=1S/C18H16O/c1-15(19)14-18-12-10-17(11-13-18)9-5-8-16-6-3-2-4-7-16/h2-4,6-7,10-13H,9,14H2,1H3. The lowest BCUT2D eigenvalue weighted by atomic mass is 10.1. The summed E-state index contributed by atoms with van der Waals surface area (Å²) < 4.78 is 0. The van der Waals surface area contributed by atoms with Gasteiger partial charge in [0, 0.05) is 18.4 Å². The fraction of sp³-hybridized carbons (Fsp3) is 0.167. The topological polar surface area (TPSA) is 17.1 Å². The van der Waals surface area contributed by atoms with E-state index in [-0.39, 0.29) is 5.78 Å². The predicted molar refractivity (Wildman–Crippen MR) is 77.9 cm³/mol. The first-order valence-corrected chi connectivity index (χ1v) is 6.35. The van der Waals surface area contributed by atoms with Gasteiger partial charge in [0.15, 0.2) is 0 Å². The van der Waals surface area contributed by atoms with Crippen molar-refractivity contribution in [2.24, 2.45) is 0 Å². The third-order valence-electron chi connectivity index (χ3n) is 2.78. The minimum absolute atomic E-state index is 0.191. The first-order chi connectivity index (χ1) is 9.24. The summed E-state index contributed by atoms with van der Waals surface area (Å²) in [5, 5.41) is 0. The second-order valence-electron chi connectivity index (χ2n) is 4.54. The Morgan fingerprint density at radius 1 is 0.947 bits per heavy atom. The summed E-state index contributed by atoms with van der Waals surface area (Å²) in [4.78, 5) is 11.0. The summed E-state index contributed by atoms with van der Waals surface area (Å²) in [5.41, 5.74) is 3.28. The van der Waals surface area contributed by atoms with Crippen molar-refractivity contribution in [3.05, 3.63) is 71.3 Å². The second-order valence-corrected chi connectivity index (χ2v) is 4.54. The Morgan fingerprint density at radius 2 is 1.58 bits per heavy atom. The number of Topliss-reactive ketones (excluding diaryl/α,β-unsaturated/α-hetero) is 1. The molecule has 19 heavy (non-hydrogen) atoms. The van der Waals surface area contributed by atoms with E-state index in [1.807, 2.05) is 54.6 Å². The van der Waals surface area contributed by atoms with Gasteiger partial charge in [0.1, 0.15) is 5.78 Å². The van der Waals surface area contributed by atoms with E-state index in [1.54, 1.807) is 6.92 Å². The van der Waals surface area contributed by atoms with Crippen LogP contribution in [0.5, 0.6) is 0 Å². The number of hydrogen-bond donors (Lipinski definition) is 0. The first kappa shape index (κ1) is 13.1. The maximum atomic E-state index is 11.0. The third kappa shape index (κ3) is 4.44. The molecule has 0 unspecified atom stereocenters. The van der Waals surface area contributed by atoms with Gasteiger partial charge in [-0.25, -0.2) is 0 Å². The lowest BCUT2D eigenvalue weighted by Gasteiger charge is -1.99. The predicted octanol–water partition coefficient (Wildman–Crippen LogP) is 3.41. The van der Waals surface area contributed by atoms with Crippen molar-refractivity contribution in [3.63, 3.8) is 0 Å². The Kier molecular flexibility index (Phi) is 4.53. The van der Waals surface area contributed by atoms with E-state index >= 15 is 0 Å². The van der Waals surface area contributed by atoms with Crippen LogP contribution in [0.25, 0.3) is 0 Å². The molecule has 2 rings (SSSR count). The van der Waals surface area contributed by atoms with E-state index in [0.717, 1.165) is 17.5 Å². The molecule has 0 spiro atoms. The van der Waals surface area contributed by atoms with E-state index in [4.69, 9.17) is 0 Å². The summed E-state index contributed by atoms with van der Waals surface area (Å²) in [6.07, 6.45) is 1.24. The first-order valence-electron chi connectivity index (χ1n) is 6.35. The van der Waals surface area contributed by atoms with Crippen LogP contribution >= 0.6 is 0 Å². The molecule has 0 aliphatic carbocycles. The van der Waals surface area contributed by atoms with Crippen LogP contribution in [-0.2, 0) is 17.6 Å². The molecule has 2 aromatic rings. The lowest BCUT2D eigenvalue weighted by Crippen LogP contribution is -1.96. The zero-order chi connectivity index (χ0) is 13.5. The van der Waals surface area contributed by atoms with Gasteiger partial charge >= 0.3 is 0 Å². The Labute approximate surface area is 114 Å². The van der Waals surface area contributed by atoms with Gasteiger partial charge in [-0.2, -0.15) is 0 Å².